The molecule has 0 aromatic carbocycles. The van der Waals surface area contributed by atoms with Gasteiger partial charge in [0.15, 0.2) is 0 Å². The molecule has 70 valence electrons. The first-order chi connectivity index (χ1) is 5.57. The van der Waals surface area contributed by atoms with Crippen molar-refractivity contribution in [1.82, 2.24) is 0 Å². The number of alkyl halides is 1. The Bertz CT molecular complexity index is 169. The second-order valence-electron chi connectivity index (χ2n) is 2.12. The van der Waals surface area contributed by atoms with Crippen LogP contribution in [0.25, 0.3) is 0 Å². The van der Waals surface area contributed by atoms with Crippen molar-refractivity contribution >= 4 is 23.5 Å². The maximum absolute atomic E-state index is 10.7. The second-order valence-corrected chi connectivity index (χ2v) is 2.65. The summed E-state index contributed by atoms with van der Waals surface area (Å²) < 4.78 is 8.93. The van der Waals surface area contributed by atoms with Crippen molar-refractivity contribution < 1.29 is 19.1 Å². The minimum atomic E-state index is -0.741. The van der Waals surface area contributed by atoms with Crippen LogP contribution in [0, 0.1) is 0 Å². The van der Waals surface area contributed by atoms with Crippen LogP contribution in [-0.2, 0) is 19.1 Å². The largest absolute Gasteiger partial charge is 0.468 e. The van der Waals surface area contributed by atoms with Crippen molar-refractivity contribution in [1.29, 1.82) is 0 Å². The molecular formula is C7H11ClO4. The number of halogens is 1. The maximum atomic E-state index is 10.7. The topological polar surface area (TPSA) is 52.6 Å². The smallest absolute Gasteiger partial charge is 0.323 e. The third kappa shape index (κ3) is 4.96. The Morgan fingerprint density at radius 1 is 1.50 bits per heavy atom. The van der Waals surface area contributed by atoms with Gasteiger partial charge in [0, 0.05) is 13.3 Å². The molecule has 0 spiro atoms. The van der Waals surface area contributed by atoms with E-state index in [0.29, 0.717) is 0 Å². The van der Waals surface area contributed by atoms with Crippen LogP contribution in [0.5, 0.6) is 0 Å². The minimum Gasteiger partial charge on any atom is -0.468 e. The highest BCUT2D eigenvalue weighted by Crippen LogP contribution is 2.03. The zero-order chi connectivity index (χ0) is 9.56. The van der Waals surface area contributed by atoms with Gasteiger partial charge >= 0.3 is 11.9 Å². The van der Waals surface area contributed by atoms with Crippen LogP contribution in [0.4, 0.5) is 0 Å². The summed E-state index contributed by atoms with van der Waals surface area (Å²) in [5.41, 5.74) is 0. The average molecular weight is 195 g/mol. The molecule has 0 saturated carbocycles. The highest BCUT2D eigenvalue weighted by atomic mass is 35.5. The van der Waals surface area contributed by atoms with E-state index in [0.717, 1.165) is 0 Å². The molecule has 0 radical (unpaired) electrons. The Hall–Kier alpha value is -0.770. The van der Waals surface area contributed by atoms with E-state index in [9.17, 15) is 9.59 Å². The van der Waals surface area contributed by atoms with Gasteiger partial charge in [0.05, 0.1) is 13.7 Å². The molecule has 0 amide bonds. The Labute approximate surface area is 75.8 Å². The van der Waals surface area contributed by atoms with Crippen LogP contribution in [0.2, 0.25) is 0 Å². The summed E-state index contributed by atoms with van der Waals surface area (Å²) >= 11 is 5.55. The van der Waals surface area contributed by atoms with Crippen LogP contribution in [0.3, 0.4) is 0 Å². The van der Waals surface area contributed by atoms with Gasteiger partial charge < -0.3 is 9.47 Å². The summed E-state index contributed by atoms with van der Waals surface area (Å²) in [6.45, 7) is 1.43. The minimum absolute atomic E-state index is 0.138. The van der Waals surface area contributed by atoms with Gasteiger partial charge in [0.2, 0.25) is 0 Å². The summed E-state index contributed by atoms with van der Waals surface area (Å²) in [6.07, 6.45) is 0.272. The summed E-state index contributed by atoms with van der Waals surface area (Å²) in [7, 11) is 1.25. The monoisotopic (exact) mass is 194 g/mol. The third-order valence-electron chi connectivity index (χ3n) is 1.13. The first kappa shape index (κ1) is 11.2. The van der Waals surface area contributed by atoms with Gasteiger partial charge in [-0.3, -0.25) is 9.59 Å². The molecule has 5 heteroatoms. The van der Waals surface area contributed by atoms with Crippen molar-refractivity contribution in [3.63, 3.8) is 0 Å². The van der Waals surface area contributed by atoms with Gasteiger partial charge in [-0.25, -0.2) is 0 Å². The molecule has 0 heterocycles. The lowest BCUT2D eigenvalue weighted by Crippen LogP contribution is -2.18. The molecule has 1 atom stereocenters. The molecule has 0 N–H and O–H groups in total. The predicted molar refractivity (Wildman–Crippen MR) is 42.9 cm³/mol. The molecule has 0 aliphatic rings. The first-order valence-corrected chi connectivity index (χ1v) is 3.86. The van der Waals surface area contributed by atoms with Crippen LogP contribution < -0.4 is 0 Å². The van der Waals surface area contributed by atoms with E-state index >= 15 is 0 Å². The lowest BCUT2D eigenvalue weighted by Gasteiger charge is -2.06. The summed E-state index contributed by atoms with van der Waals surface area (Å²) in [4.78, 5) is 21.0. The molecule has 0 aliphatic heterocycles. The maximum Gasteiger partial charge on any atom is 0.323 e. The van der Waals surface area contributed by atoms with E-state index in [4.69, 9.17) is 11.6 Å². The van der Waals surface area contributed by atoms with E-state index in [1.165, 1.54) is 14.0 Å². The van der Waals surface area contributed by atoms with Gasteiger partial charge in [-0.1, -0.05) is 0 Å². The van der Waals surface area contributed by atoms with Crippen LogP contribution in [0.15, 0.2) is 0 Å². The van der Waals surface area contributed by atoms with E-state index in [1.807, 2.05) is 0 Å². The lowest BCUT2D eigenvalue weighted by atomic mass is 10.3. The van der Waals surface area contributed by atoms with Gasteiger partial charge in [-0.05, 0) is 0 Å². The molecule has 0 fully saturated rings. The molecular weight excluding hydrogens is 184 g/mol. The number of hydrogen-bond acceptors (Lipinski definition) is 4. The zero-order valence-electron chi connectivity index (χ0n) is 7.00. The standard InChI is InChI=1S/C7H11ClO4/c1-5(9)12-4-3-6(8)7(10)11-2/h6H,3-4H2,1-2H3. The molecule has 0 rings (SSSR count). The third-order valence-corrected chi connectivity index (χ3v) is 1.53. The first-order valence-electron chi connectivity index (χ1n) is 3.43. The Kier molecular flexibility index (Phi) is 5.45. The van der Waals surface area contributed by atoms with Gasteiger partial charge in [-0.2, -0.15) is 0 Å². The number of carbonyl (C=O) groups excluding carboxylic acids is 2. The van der Waals surface area contributed by atoms with E-state index in [2.05, 4.69) is 9.47 Å². The molecule has 12 heavy (non-hydrogen) atoms. The Morgan fingerprint density at radius 2 is 2.08 bits per heavy atom. The average Bonchev–Trinajstić information content (AvgIpc) is 2.02. The zero-order valence-corrected chi connectivity index (χ0v) is 7.76. The van der Waals surface area contributed by atoms with Gasteiger partial charge in [0.1, 0.15) is 5.38 Å². The number of ether oxygens (including phenoxy) is 2. The molecule has 0 aromatic heterocycles. The van der Waals surface area contributed by atoms with Gasteiger partial charge in [-0.15, -0.1) is 11.6 Å². The summed E-state index contributed by atoms with van der Waals surface area (Å²) in [5.74, 6) is -0.896. The molecule has 1 unspecified atom stereocenters. The van der Waals surface area contributed by atoms with Crippen molar-refractivity contribution in [2.45, 2.75) is 18.7 Å². The van der Waals surface area contributed by atoms with E-state index in [1.54, 1.807) is 0 Å². The molecule has 0 saturated heterocycles. The Balaban J connectivity index is 3.50. The van der Waals surface area contributed by atoms with E-state index < -0.39 is 11.3 Å². The fourth-order valence-corrected chi connectivity index (χ4v) is 0.730. The number of esters is 2. The normalized spacial score (nSPS) is 11.9. The number of methoxy groups -OCH3 is 1. The Morgan fingerprint density at radius 3 is 2.50 bits per heavy atom. The van der Waals surface area contributed by atoms with Crippen molar-refractivity contribution in [3.8, 4) is 0 Å². The van der Waals surface area contributed by atoms with Crippen LogP contribution in [0.1, 0.15) is 13.3 Å². The number of hydrogen-bond donors (Lipinski definition) is 0. The SMILES string of the molecule is COC(=O)C(Cl)CCOC(C)=O. The summed E-state index contributed by atoms with van der Waals surface area (Å²) in [6, 6.07) is 0. The summed E-state index contributed by atoms with van der Waals surface area (Å²) in [5, 5.41) is -0.741. The number of carbonyl (C=O) groups is 2. The van der Waals surface area contributed by atoms with Crippen LogP contribution in [-0.4, -0.2) is 31.0 Å². The molecule has 0 bridgehead atoms. The fraction of sp³-hybridized carbons (Fsp3) is 0.714. The van der Waals surface area contributed by atoms with Crippen molar-refractivity contribution in [2.75, 3.05) is 13.7 Å². The van der Waals surface area contributed by atoms with E-state index in [-0.39, 0.29) is 19.0 Å². The van der Waals surface area contributed by atoms with Gasteiger partial charge in [0.25, 0.3) is 0 Å². The predicted octanol–water partition coefficient (Wildman–Crippen LogP) is 0.720. The second kappa shape index (κ2) is 5.83. The molecule has 4 nitrogen and oxygen atoms in total. The molecule has 0 aromatic rings. The number of rotatable bonds is 4. The quantitative estimate of drug-likeness (QED) is 0.489. The molecule has 0 aliphatic carbocycles. The van der Waals surface area contributed by atoms with Crippen molar-refractivity contribution in [3.05, 3.63) is 0 Å². The van der Waals surface area contributed by atoms with Crippen molar-refractivity contribution in [2.24, 2.45) is 0 Å². The highest BCUT2D eigenvalue weighted by Gasteiger charge is 2.15. The fourth-order valence-electron chi connectivity index (χ4n) is 0.552. The lowest BCUT2D eigenvalue weighted by molar-refractivity contribution is -0.144. The van der Waals surface area contributed by atoms with Crippen LogP contribution >= 0.6 is 11.6 Å². The highest BCUT2D eigenvalue weighted by molar-refractivity contribution is 6.29.